The molecule has 1 amide bonds. The number of nitrogens with zero attached hydrogens (tertiary/aromatic N) is 3. The van der Waals surface area contributed by atoms with Crippen molar-refractivity contribution in [2.24, 2.45) is 0 Å². The monoisotopic (exact) mass is 262 g/mol. The molecule has 2 aromatic rings. The molecule has 0 spiro atoms. The van der Waals surface area contributed by atoms with Gasteiger partial charge in [0, 0.05) is 11.9 Å². The Morgan fingerprint density at radius 1 is 1.33 bits per heavy atom. The lowest BCUT2D eigenvalue weighted by Gasteiger charge is -2.06. The second kappa shape index (κ2) is 5.10. The lowest BCUT2D eigenvalue weighted by atomic mass is 10.2. The molecule has 2 aromatic heterocycles. The third-order valence-electron chi connectivity index (χ3n) is 2.27. The normalized spacial score (nSPS) is 10.2. The fourth-order valence-corrected chi connectivity index (χ4v) is 1.71. The summed E-state index contributed by atoms with van der Waals surface area (Å²) in [6.45, 7) is 3.58. The van der Waals surface area contributed by atoms with E-state index >= 15 is 0 Å². The first kappa shape index (κ1) is 12.4. The minimum Gasteiger partial charge on any atom is -0.289 e. The van der Waals surface area contributed by atoms with E-state index in [-0.39, 0.29) is 17.0 Å². The summed E-state index contributed by atoms with van der Waals surface area (Å²) >= 11 is 5.79. The molecular formula is C12H11ClN4O. The molecule has 0 aromatic carbocycles. The molecule has 6 heteroatoms. The molecule has 0 aliphatic heterocycles. The van der Waals surface area contributed by atoms with Gasteiger partial charge in [-0.1, -0.05) is 17.7 Å². The van der Waals surface area contributed by atoms with Crippen LogP contribution in [-0.2, 0) is 0 Å². The van der Waals surface area contributed by atoms with Crippen LogP contribution < -0.4 is 5.32 Å². The second-order valence-corrected chi connectivity index (χ2v) is 4.17. The van der Waals surface area contributed by atoms with E-state index < -0.39 is 0 Å². The first-order chi connectivity index (χ1) is 8.56. The Morgan fingerprint density at radius 2 is 2.11 bits per heavy atom. The topological polar surface area (TPSA) is 67.8 Å². The predicted molar refractivity (Wildman–Crippen MR) is 68.7 cm³/mol. The third-order valence-corrected chi connectivity index (χ3v) is 2.47. The summed E-state index contributed by atoms with van der Waals surface area (Å²) in [7, 11) is 0. The first-order valence-corrected chi connectivity index (χ1v) is 5.68. The molecule has 0 aliphatic rings. The molecule has 0 atom stereocenters. The molecule has 2 rings (SSSR count). The summed E-state index contributed by atoms with van der Waals surface area (Å²) in [5.41, 5.74) is 1.82. The van der Waals surface area contributed by atoms with Crippen LogP contribution >= 0.6 is 11.6 Å². The SMILES string of the molecule is Cc1cc(Cl)nc(NC(=O)c2ncccc2C)n1. The van der Waals surface area contributed by atoms with Crippen LogP contribution in [0.1, 0.15) is 21.7 Å². The molecule has 2 heterocycles. The largest absolute Gasteiger partial charge is 0.289 e. The highest BCUT2D eigenvalue weighted by atomic mass is 35.5. The lowest BCUT2D eigenvalue weighted by molar-refractivity contribution is 0.102. The van der Waals surface area contributed by atoms with Crippen molar-refractivity contribution in [2.45, 2.75) is 13.8 Å². The van der Waals surface area contributed by atoms with Crippen molar-refractivity contribution in [3.8, 4) is 0 Å². The van der Waals surface area contributed by atoms with E-state index in [1.54, 1.807) is 25.3 Å². The maximum absolute atomic E-state index is 12.0. The van der Waals surface area contributed by atoms with E-state index in [1.165, 1.54) is 0 Å². The molecule has 5 nitrogen and oxygen atoms in total. The van der Waals surface area contributed by atoms with E-state index in [4.69, 9.17) is 11.6 Å². The zero-order valence-electron chi connectivity index (χ0n) is 9.94. The van der Waals surface area contributed by atoms with Crippen LogP contribution in [0.4, 0.5) is 5.95 Å². The molecule has 0 aliphatic carbocycles. The number of carbonyl (C=O) groups excluding carboxylic acids is 1. The number of carbonyl (C=O) groups is 1. The number of rotatable bonds is 2. The van der Waals surface area contributed by atoms with E-state index in [0.29, 0.717) is 11.4 Å². The summed E-state index contributed by atoms with van der Waals surface area (Å²) in [4.78, 5) is 24.0. The zero-order valence-corrected chi connectivity index (χ0v) is 10.7. The summed E-state index contributed by atoms with van der Waals surface area (Å²) in [5, 5.41) is 2.86. The molecule has 0 saturated heterocycles. The van der Waals surface area contributed by atoms with Crippen LogP contribution in [0.15, 0.2) is 24.4 Å². The van der Waals surface area contributed by atoms with E-state index in [1.807, 2.05) is 13.0 Å². The number of amides is 1. The number of aryl methyl sites for hydroxylation is 2. The second-order valence-electron chi connectivity index (χ2n) is 3.78. The van der Waals surface area contributed by atoms with Crippen molar-refractivity contribution in [1.29, 1.82) is 0 Å². The minimum absolute atomic E-state index is 0.176. The van der Waals surface area contributed by atoms with Gasteiger partial charge in [-0.3, -0.25) is 15.1 Å². The van der Waals surface area contributed by atoms with E-state index in [9.17, 15) is 4.79 Å². The number of aromatic nitrogens is 3. The molecule has 92 valence electrons. The van der Waals surface area contributed by atoms with E-state index in [2.05, 4.69) is 20.3 Å². The number of pyridine rings is 1. The molecule has 0 unspecified atom stereocenters. The van der Waals surface area contributed by atoms with Crippen molar-refractivity contribution in [3.63, 3.8) is 0 Å². The van der Waals surface area contributed by atoms with Gasteiger partial charge in [-0.2, -0.15) is 0 Å². The molecule has 1 N–H and O–H groups in total. The van der Waals surface area contributed by atoms with Gasteiger partial charge in [-0.25, -0.2) is 9.97 Å². The average Bonchev–Trinajstić information content (AvgIpc) is 2.27. The van der Waals surface area contributed by atoms with Gasteiger partial charge in [0.25, 0.3) is 5.91 Å². The van der Waals surface area contributed by atoms with Crippen LogP contribution in [0.25, 0.3) is 0 Å². The number of hydrogen-bond acceptors (Lipinski definition) is 4. The summed E-state index contributed by atoms with van der Waals surface area (Å²) < 4.78 is 0. The first-order valence-electron chi connectivity index (χ1n) is 5.30. The Bertz CT molecular complexity index is 580. The molecule has 0 radical (unpaired) electrons. The quantitative estimate of drug-likeness (QED) is 0.844. The lowest BCUT2D eigenvalue weighted by Crippen LogP contribution is -2.17. The Kier molecular flexibility index (Phi) is 3.53. The molecule has 18 heavy (non-hydrogen) atoms. The number of hydrogen-bond donors (Lipinski definition) is 1. The van der Waals surface area contributed by atoms with Gasteiger partial charge in [0.2, 0.25) is 5.95 Å². The van der Waals surface area contributed by atoms with Gasteiger partial charge in [0.1, 0.15) is 10.8 Å². The number of halogens is 1. The minimum atomic E-state index is -0.352. The fraction of sp³-hybridized carbons (Fsp3) is 0.167. The van der Waals surface area contributed by atoms with Gasteiger partial charge in [0.05, 0.1) is 0 Å². The van der Waals surface area contributed by atoms with Crippen LogP contribution in [-0.4, -0.2) is 20.9 Å². The summed E-state index contributed by atoms with van der Waals surface area (Å²) in [5.74, 6) is -0.176. The van der Waals surface area contributed by atoms with Crippen molar-refractivity contribution in [3.05, 3.63) is 46.5 Å². The molecule has 0 bridgehead atoms. The predicted octanol–water partition coefficient (Wildman–Crippen LogP) is 2.39. The molecule has 0 saturated carbocycles. The average molecular weight is 263 g/mol. The van der Waals surface area contributed by atoms with Crippen LogP contribution in [0.2, 0.25) is 5.15 Å². The van der Waals surface area contributed by atoms with Gasteiger partial charge in [-0.15, -0.1) is 0 Å². The number of nitrogens with one attached hydrogen (secondary N) is 1. The Balaban J connectivity index is 2.24. The Morgan fingerprint density at radius 3 is 2.78 bits per heavy atom. The zero-order chi connectivity index (χ0) is 13.1. The van der Waals surface area contributed by atoms with Crippen LogP contribution in [0.5, 0.6) is 0 Å². The molecular weight excluding hydrogens is 252 g/mol. The maximum atomic E-state index is 12.0. The number of anilines is 1. The molecule has 0 fully saturated rings. The highest BCUT2D eigenvalue weighted by Crippen LogP contribution is 2.11. The van der Waals surface area contributed by atoms with Crippen molar-refractivity contribution >= 4 is 23.5 Å². The Hall–Kier alpha value is -2.01. The van der Waals surface area contributed by atoms with Crippen molar-refractivity contribution < 1.29 is 4.79 Å². The van der Waals surface area contributed by atoms with Crippen molar-refractivity contribution in [1.82, 2.24) is 15.0 Å². The summed E-state index contributed by atoms with van der Waals surface area (Å²) in [6.07, 6.45) is 1.56. The highest BCUT2D eigenvalue weighted by Gasteiger charge is 2.12. The Labute approximate surface area is 109 Å². The van der Waals surface area contributed by atoms with Gasteiger partial charge < -0.3 is 0 Å². The van der Waals surface area contributed by atoms with Crippen LogP contribution in [0, 0.1) is 13.8 Å². The third kappa shape index (κ3) is 2.81. The van der Waals surface area contributed by atoms with Gasteiger partial charge in [0.15, 0.2) is 0 Å². The van der Waals surface area contributed by atoms with Crippen molar-refractivity contribution in [2.75, 3.05) is 5.32 Å². The smallest absolute Gasteiger partial charge is 0.276 e. The maximum Gasteiger partial charge on any atom is 0.276 e. The van der Waals surface area contributed by atoms with E-state index in [0.717, 1.165) is 5.56 Å². The highest BCUT2D eigenvalue weighted by molar-refractivity contribution is 6.29. The van der Waals surface area contributed by atoms with Gasteiger partial charge >= 0.3 is 0 Å². The standard InChI is InChI=1S/C12H11ClN4O/c1-7-4-3-5-14-10(7)11(18)17-12-15-8(2)6-9(13)16-12/h3-6H,1-2H3,(H,15,16,17,18). The summed E-state index contributed by atoms with van der Waals surface area (Å²) in [6, 6.07) is 5.20. The van der Waals surface area contributed by atoms with Crippen LogP contribution in [0.3, 0.4) is 0 Å². The fourth-order valence-electron chi connectivity index (χ4n) is 1.47. The van der Waals surface area contributed by atoms with Gasteiger partial charge in [-0.05, 0) is 31.5 Å².